The molecule has 4 atom stereocenters. The van der Waals surface area contributed by atoms with Crippen molar-refractivity contribution in [1.82, 2.24) is 15.5 Å². The Hall–Kier alpha value is -2.84. The van der Waals surface area contributed by atoms with Crippen LogP contribution in [0, 0.1) is 0 Å². The first-order valence-electron chi connectivity index (χ1n) is 10.3. The first-order valence-corrected chi connectivity index (χ1v) is 11.3. The second-order valence-electron chi connectivity index (χ2n) is 7.84. The van der Waals surface area contributed by atoms with Crippen molar-refractivity contribution < 1.29 is 19.5 Å². The molecule has 0 saturated carbocycles. The number of amides is 3. The van der Waals surface area contributed by atoms with Crippen LogP contribution in [-0.4, -0.2) is 58.2 Å². The van der Waals surface area contributed by atoms with E-state index >= 15 is 0 Å². The van der Waals surface area contributed by atoms with Crippen molar-refractivity contribution in [2.45, 2.75) is 36.8 Å². The molecule has 3 N–H and O–H groups in total. The molecule has 4 unspecified atom stereocenters. The van der Waals surface area contributed by atoms with Gasteiger partial charge in [0.15, 0.2) is 0 Å². The molecule has 3 amide bonds. The van der Waals surface area contributed by atoms with E-state index in [0.29, 0.717) is 17.7 Å². The van der Waals surface area contributed by atoms with Gasteiger partial charge in [-0.25, -0.2) is 0 Å². The van der Waals surface area contributed by atoms with Gasteiger partial charge in [-0.1, -0.05) is 48.5 Å². The molecule has 0 aromatic heterocycles. The van der Waals surface area contributed by atoms with E-state index in [-0.39, 0.29) is 29.7 Å². The van der Waals surface area contributed by atoms with Gasteiger partial charge in [0.2, 0.25) is 11.8 Å². The fourth-order valence-corrected chi connectivity index (χ4v) is 5.42. The minimum Gasteiger partial charge on any atom is -0.394 e. The molecular weight excluding hydrogens is 414 g/mol. The van der Waals surface area contributed by atoms with Crippen molar-refractivity contribution in [1.29, 1.82) is 0 Å². The van der Waals surface area contributed by atoms with Crippen molar-refractivity contribution in [3.8, 4) is 0 Å². The monoisotopic (exact) mass is 439 g/mol. The van der Waals surface area contributed by atoms with E-state index < -0.39 is 18.1 Å². The van der Waals surface area contributed by atoms with E-state index in [1.54, 1.807) is 29.7 Å². The van der Waals surface area contributed by atoms with Crippen LogP contribution in [0.2, 0.25) is 0 Å². The van der Waals surface area contributed by atoms with E-state index in [4.69, 9.17) is 0 Å². The molecule has 2 aromatic carbocycles. The van der Waals surface area contributed by atoms with E-state index in [2.05, 4.69) is 10.6 Å². The summed E-state index contributed by atoms with van der Waals surface area (Å²) >= 11 is 1.56. The summed E-state index contributed by atoms with van der Waals surface area (Å²) in [6.45, 7) is 1.50. The molecule has 1 fully saturated rings. The Balaban J connectivity index is 1.51. The summed E-state index contributed by atoms with van der Waals surface area (Å²) in [7, 11) is 0. The Morgan fingerprint density at radius 1 is 1.13 bits per heavy atom. The fraction of sp³-hybridized carbons (Fsp3) is 0.348. The minimum atomic E-state index is -0.812. The number of carbonyl (C=O) groups is 3. The highest BCUT2D eigenvalue weighted by atomic mass is 32.2. The zero-order chi connectivity index (χ0) is 22.0. The Labute approximate surface area is 185 Å². The average molecular weight is 440 g/mol. The highest BCUT2D eigenvalue weighted by Crippen LogP contribution is 2.48. The van der Waals surface area contributed by atoms with Crippen molar-refractivity contribution in [2.75, 3.05) is 12.4 Å². The summed E-state index contributed by atoms with van der Waals surface area (Å²) in [5.74, 6) is -0.381. The van der Waals surface area contributed by atoms with E-state index in [1.165, 1.54) is 0 Å². The molecule has 0 bridgehead atoms. The molecule has 7 nitrogen and oxygen atoms in total. The van der Waals surface area contributed by atoms with Gasteiger partial charge in [0.25, 0.3) is 5.91 Å². The SMILES string of the molecule is CC(CO)NC(=O)C(Cc1ccccc1)NC(=O)C1CSC2c3ccccc3C(=O)N12. The molecule has 0 radical (unpaired) electrons. The van der Waals surface area contributed by atoms with Crippen LogP contribution in [0.1, 0.15) is 33.8 Å². The normalized spacial score (nSPS) is 21.2. The molecule has 162 valence electrons. The quantitative estimate of drug-likeness (QED) is 0.607. The maximum Gasteiger partial charge on any atom is 0.256 e. The van der Waals surface area contributed by atoms with Gasteiger partial charge in [-0.05, 0) is 24.1 Å². The Kier molecular flexibility index (Phi) is 6.29. The number of aliphatic hydroxyl groups is 1. The average Bonchev–Trinajstić information content (AvgIpc) is 3.34. The number of fused-ring (bicyclic) bond motifs is 3. The van der Waals surface area contributed by atoms with Crippen molar-refractivity contribution in [3.63, 3.8) is 0 Å². The van der Waals surface area contributed by atoms with Crippen molar-refractivity contribution in [2.24, 2.45) is 0 Å². The molecule has 0 aliphatic carbocycles. The number of thioether (sulfide) groups is 1. The molecule has 0 spiro atoms. The second-order valence-corrected chi connectivity index (χ2v) is 8.96. The number of rotatable bonds is 7. The minimum absolute atomic E-state index is 0.149. The zero-order valence-corrected chi connectivity index (χ0v) is 18.0. The Morgan fingerprint density at radius 3 is 2.58 bits per heavy atom. The standard InChI is InChI=1S/C23H25N3O4S/c1-14(12-27)24-20(28)18(11-15-7-3-2-4-8-15)25-21(29)19-13-31-23-17-10-6-5-9-16(17)22(30)26(19)23/h2-10,14,18-19,23,27H,11-13H2,1H3,(H,24,28)(H,25,29). The maximum absolute atomic E-state index is 13.2. The van der Waals surface area contributed by atoms with Crippen LogP contribution in [0.5, 0.6) is 0 Å². The number of nitrogens with one attached hydrogen (secondary N) is 2. The molecule has 2 aliphatic heterocycles. The van der Waals surface area contributed by atoms with Gasteiger partial charge in [0.05, 0.1) is 6.61 Å². The lowest BCUT2D eigenvalue weighted by Gasteiger charge is -2.26. The first kappa shape index (κ1) is 21.4. The summed E-state index contributed by atoms with van der Waals surface area (Å²) in [5, 5.41) is 14.7. The van der Waals surface area contributed by atoms with E-state index in [1.807, 2.05) is 48.5 Å². The molecule has 1 saturated heterocycles. The van der Waals surface area contributed by atoms with Crippen LogP contribution in [-0.2, 0) is 16.0 Å². The Bertz CT molecular complexity index is 984. The Morgan fingerprint density at radius 2 is 1.84 bits per heavy atom. The maximum atomic E-state index is 13.2. The van der Waals surface area contributed by atoms with Gasteiger partial charge in [-0.15, -0.1) is 11.8 Å². The van der Waals surface area contributed by atoms with Crippen LogP contribution in [0.3, 0.4) is 0 Å². The summed E-state index contributed by atoms with van der Waals surface area (Å²) in [6.07, 6.45) is 0.314. The lowest BCUT2D eigenvalue weighted by Crippen LogP contribution is -2.55. The number of hydrogen-bond donors (Lipinski definition) is 3. The van der Waals surface area contributed by atoms with Crippen molar-refractivity contribution in [3.05, 3.63) is 71.3 Å². The van der Waals surface area contributed by atoms with Crippen LogP contribution in [0.25, 0.3) is 0 Å². The number of aliphatic hydroxyl groups excluding tert-OH is 1. The molecule has 8 heteroatoms. The number of benzene rings is 2. The molecule has 4 rings (SSSR count). The van der Waals surface area contributed by atoms with Gasteiger partial charge >= 0.3 is 0 Å². The predicted molar refractivity (Wildman–Crippen MR) is 118 cm³/mol. The highest BCUT2D eigenvalue weighted by molar-refractivity contribution is 7.99. The molecular formula is C23H25N3O4S. The zero-order valence-electron chi connectivity index (χ0n) is 17.2. The van der Waals surface area contributed by atoms with Gasteiger partial charge in [0.1, 0.15) is 17.5 Å². The number of carbonyl (C=O) groups excluding carboxylic acids is 3. The smallest absolute Gasteiger partial charge is 0.256 e. The summed E-state index contributed by atoms with van der Waals surface area (Å²) in [6, 6.07) is 15.0. The summed E-state index contributed by atoms with van der Waals surface area (Å²) in [5.41, 5.74) is 2.47. The van der Waals surface area contributed by atoms with Crippen LogP contribution >= 0.6 is 11.8 Å². The van der Waals surface area contributed by atoms with Crippen LogP contribution in [0.15, 0.2) is 54.6 Å². The van der Waals surface area contributed by atoms with Crippen LogP contribution < -0.4 is 10.6 Å². The van der Waals surface area contributed by atoms with Gasteiger partial charge in [-0.2, -0.15) is 0 Å². The van der Waals surface area contributed by atoms with Gasteiger partial charge in [-0.3, -0.25) is 14.4 Å². The molecule has 2 aromatic rings. The molecule has 2 aliphatic rings. The lowest BCUT2D eigenvalue weighted by atomic mass is 10.0. The third-order valence-corrected chi connectivity index (χ3v) is 6.88. The van der Waals surface area contributed by atoms with E-state index in [0.717, 1.165) is 11.1 Å². The third kappa shape index (κ3) is 4.31. The van der Waals surface area contributed by atoms with Gasteiger partial charge in [0, 0.05) is 23.8 Å². The largest absolute Gasteiger partial charge is 0.394 e. The van der Waals surface area contributed by atoms with Crippen LogP contribution in [0.4, 0.5) is 0 Å². The topological polar surface area (TPSA) is 98.7 Å². The van der Waals surface area contributed by atoms with Crippen molar-refractivity contribution >= 4 is 29.5 Å². The summed E-state index contributed by atoms with van der Waals surface area (Å²) < 4.78 is 0. The van der Waals surface area contributed by atoms with Gasteiger partial charge < -0.3 is 20.6 Å². The first-order chi connectivity index (χ1) is 15.0. The highest BCUT2D eigenvalue weighted by Gasteiger charge is 2.48. The number of hydrogen-bond acceptors (Lipinski definition) is 5. The number of nitrogens with zero attached hydrogens (tertiary/aromatic N) is 1. The fourth-order valence-electron chi connectivity index (χ4n) is 3.96. The molecule has 31 heavy (non-hydrogen) atoms. The predicted octanol–water partition coefficient (Wildman–Crippen LogP) is 1.48. The third-order valence-electron chi connectivity index (χ3n) is 5.57. The second kappa shape index (κ2) is 9.11. The summed E-state index contributed by atoms with van der Waals surface area (Å²) in [4.78, 5) is 40.5. The molecule has 2 heterocycles. The van der Waals surface area contributed by atoms with E-state index in [9.17, 15) is 19.5 Å². The lowest BCUT2D eigenvalue weighted by molar-refractivity contribution is -0.131.